The minimum absolute atomic E-state index is 0.0198. The summed E-state index contributed by atoms with van der Waals surface area (Å²) in [7, 11) is 1.06. The normalized spacial score (nSPS) is 37.1. The standard InChI is InChI=1S/C22H26F5N3O4/c1-8-13(10-4-5-12(23)14(24)17(10)33-3)18(34-21(8,2)22(25,26)27)20(32)30-15-9-6-11(15)16(19(28)31)29-7-9/h4-5,8-9,11,13,15-16,18,29H,6-7H2,1-3H3,(H2,28,31)(H,30,32)/t8-,9?,11?,13-,15?,16?,18+,21+/m0/s1. The molecule has 2 saturated heterocycles. The van der Waals surface area contributed by atoms with Gasteiger partial charge in [-0.2, -0.15) is 17.6 Å². The van der Waals surface area contributed by atoms with Crippen molar-refractivity contribution in [3.63, 3.8) is 0 Å². The second-order valence-electron chi connectivity index (χ2n) is 9.42. The average Bonchev–Trinajstić information content (AvgIpc) is 3.05. The molecule has 4 N–H and O–H groups in total. The molecule has 1 aromatic rings. The van der Waals surface area contributed by atoms with Gasteiger partial charge in [-0.15, -0.1) is 0 Å². The van der Waals surface area contributed by atoms with E-state index in [0.29, 0.717) is 13.0 Å². The van der Waals surface area contributed by atoms with Crippen LogP contribution in [0, 0.1) is 29.4 Å². The summed E-state index contributed by atoms with van der Waals surface area (Å²) in [4.78, 5) is 25.0. The lowest BCUT2D eigenvalue weighted by Crippen LogP contribution is -2.70. The van der Waals surface area contributed by atoms with E-state index >= 15 is 0 Å². The molecule has 2 aliphatic heterocycles. The fraction of sp³-hybridized carbons (Fsp3) is 0.636. The summed E-state index contributed by atoms with van der Waals surface area (Å²) < 4.78 is 80.7. The smallest absolute Gasteiger partial charge is 0.417 e. The Morgan fingerprint density at radius 1 is 1.29 bits per heavy atom. The van der Waals surface area contributed by atoms with Gasteiger partial charge in [-0.1, -0.05) is 13.0 Å². The number of nitrogens with one attached hydrogen (secondary N) is 2. The lowest BCUT2D eigenvalue weighted by Gasteiger charge is -2.53. The maximum absolute atomic E-state index is 14.4. The summed E-state index contributed by atoms with van der Waals surface area (Å²) >= 11 is 0. The number of primary amides is 1. The molecule has 188 valence electrons. The van der Waals surface area contributed by atoms with Crippen LogP contribution in [0.1, 0.15) is 31.7 Å². The van der Waals surface area contributed by atoms with Gasteiger partial charge in [-0.3, -0.25) is 9.59 Å². The van der Waals surface area contributed by atoms with Crippen LogP contribution in [-0.2, 0) is 14.3 Å². The van der Waals surface area contributed by atoms with Crippen LogP contribution in [0.4, 0.5) is 22.0 Å². The maximum Gasteiger partial charge on any atom is 0.417 e. The molecule has 2 heterocycles. The zero-order valence-corrected chi connectivity index (χ0v) is 18.7. The van der Waals surface area contributed by atoms with Crippen molar-refractivity contribution in [3.8, 4) is 5.75 Å². The molecule has 1 saturated carbocycles. The first-order valence-corrected chi connectivity index (χ1v) is 10.9. The molecule has 4 rings (SSSR count). The number of methoxy groups -OCH3 is 1. The minimum atomic E-state index is -4.85. The Hall–Kier alpha value is -2.47. The molecule has 2 amide bonds. The Balaban J connectivity index is 1.69. The van der Waals surface area contributed by atoms with Crippen LogP contribution in [0.25, 0.3) is 0 Å². The minimum Gasteiger partial charge on any atom is -0.493 e. The molecular formula is C22H26F5N3O4. The summed E-state index contributed by atoms with van der Waals surface area (Å²) in [5.74, 6) is -7.55. The SMILES string of the molecule is COc1c([C@H]2[C@H](C(=O)NC3C4CNC(C(N)=O)C3C4)O[C@@](C)(C(F)(F)F)[C@H]2C)ccc(F)c1F. The molecule has 3 fully saturated rings. The molecule has 0 aromatic heterocycles. The van der Waals surface area contributed by atoms with Crippen LogP contribution in [0.2, 0.25) is 0 Å². The number of piperidine rings is 2. The number of carbonyl (C=O) groups is 2. The molecule has 12 heteroatoms. The third-order valence-corrected chi connectivity index (χ3v) is 7.76. The van der Waals surface area contributed by atoms with Gasteiger partial charge in [0.25, 0.3) is 0 Å². The third kappa shape index (κ3) is 3.62. The van der Waals surface area contributed by atoms with Gasteiger partial charge in [0.2, 0.25) is 17.6 Å². The Labute approximate surface area is 192 Å². The number of amides is 2. The summed E-state index contributed by atoms with van der Waals surface area (Å²) in [5, 5.41) is 5.72. The van der Waals surface area contributed by atoms with Crippen LogP contribution in [0.3, 0.4) is 0 Å². The van der Waals surface area contributed by atoms with E-state index in [0.717, 1.165) is 26.2 Å². The van der Waals surface area contributed by atoms with E-state index in [9.17, 15) is 31.5 Å². The van der Waals surface area contributed by atoms with E-state index in [1.54, 1.807) is 0 Å². The number of halogens is 5. The number of carbonyl (C=O) groups excluding carboxylic acids is 2. The van der Waals surface area contributed by atoms with E-state index in [1.807, 2.05) is 0 Å². The summed E-state index contributed by atoms with van der Waals surface area (Å²) in [5.41, 5.74) is 2.57. The Morgan fingerprint density at radius 3 is 2.53 bits per heavy atom. The van der Waals surface area contributed by atoms with E-state index in [-0.39, 0.29) is 17.4 Å². The van der Waals surface area contributed by atoms with E-state index in [1.165, 1.54) is 6.92 Å². The fourth-order valence-corrected chi connectivity index (χ4v) is 5.60. The van der Waals surface area contributed by atoms with Gasteiger partial charge < -0.3 is 25.8 Å². The molecule has 8 atom stereocenters. The van der Waals surface area contributed by atoms with Gasteiger partial charge in [0, 0.05) is 35.9 Å². The quantitative estimate of drug-likeness (QED) is 0.547. The van der Waals surface area contributed by atoms with Crippen molar-refractivity contribution < 1.29 is 41.0 Å². The topological polar surface area (TPSA) is 103 Å². The number of fused-ring (bicyclic) bond motifs is 2. The van der Waals surface area contributed by atoms with Gasteiger partial charge in [0.15, 0.2) is 17.2 Å². The summed E-state index contributed by atoms with van der Waals surface area (Å²) in [6.45, 7) is 2.49. The lowest BCUT2D eigenvalue weighted by atomic mass is 9.63. The van der Waals surface area contributed by atoms with Crippen LogP contribution < -0.4 is 21.1 Å². The first-order chi connectivity index (χ1) is 15.8. The largest absolute Gasteiger partial charge is 0.493 e. The first-order valence-electron chi connectivity index (χ1n) is 10.9. The van der Waals surface area contributed by atoms with Gasteiger partial charge in [0.1, 0.15) is 6.10 Å². The van der Waals surface area contributed by atoms with Crippen molar-refractivity contribution in [1.82, 2.24) is 10.6 Å². The van der Waals surface area contributed by atoms with Gasteiger partial charge in [0.05, 0.1) is 13.2 Å². The molecular weight excluding hydrogens is 465 g/mol. The van der Waals surface area contributed by atoms with Crippen molar-refractivity contribution in [2.24, 2.45) is 23.5 Å². The number of nitrogens with two attached hydrogens (primary N) is 1. The van der Waals surface area contributed by atoms with Crippen LogP contribution >= 0.6 is 0 Å². The number of alkyl halides is 3. The highest BCUT2D eigenvalue weighted by atomic mass is 19.4. The van der Waals surface area contributed by atoms with Crippen molar-refractivity contribution in [2.45, 2.75) is 56.2 Å². The number of hydrogen-bond acceptors (Lipinski definition) is 5. The molecule has 1 aliphatic carbocycles. The Kier molecular flexibility index (Phi) is 6.04. The number of ether oxygens (including phenoxy) is 2. The third-order valence-electron chi connectivity index (χ3n) is 7.76. The van der Waals surface area contributed by atoms with Crippen molar-refractivity contribution in [1.29, 1.82) is 0 Å². The molecule has 7 nitrogen and oxygen atoms in total. The molecule has 2 bridgehead atoms. The van der Waals surface area contributed by atoms with Crippen LogP contribution in [-0.4, -0.2) is 55.4 Å². The average molecular weight is 491 g/mol. The number of benzene rings is 1. The van der Waals surface area contributed by atoms with E-state index < -0.39 is 71.0 Å². The highest BCUT2D eigenvalue weighted by molar-refractivity contribution is 5.84. The Bertz CT molecular complexity index is 1000. The van der Waals surface area contributed by atoms with Gasteiger partial charge in [-0.25, -0.2) is 4.39 Å². The Morgan fingerprint density at radius 2 is 1.97 bits per heavy atom. The second kappa shape index (κ2) is 8.33. The first kappa shape index (κ1) is 24.6. The van der Waals surface area contributed by atoms with Crippen LogP contribution in [0.15, 0.2) is 12.1 Å². The zero-order chi connectivity index (χ0) is 25.2. The predicted octanol–water partition coefficient (Wildman–Crippen LogP) is 1.99. The molecule has 0 spiro atoms. The monoisotopic (exact) mass is 491 g/mol. The number of hydrogen-bond donors (Lipinski definition) is 3. The van der Waals surface area contributed by atoms with Crippen molar-refractivity contribution in [3.05, 3.63) is 29.3 Å². The maximum atomic E-state index is 14.4. The fourth-order valence-electron chi connectivity index (χ4n) is 5.60. The lowest BCUT2D eigenvalue weighted by molar-refractivity contribution is -0.272. The number of rotatable bonds is 5. The molecule has 3 aliphatic rings. The predicted molar refractivity (Wildman–Crippen MR) is 109 cm³/mol. The van der Waals surface area contributed by atoms with Crippen LogP contribution in [0.5, 0.6) is 5.75 Å². The molecule has 34 heavy (non-hydrogen) atoms. The molecule has 4 unspecified atom stereocenters. The zero-order valence-electron chi connectivity index (χ0n) is 18.7. The highest BCUT2D eigenvalue weighted by Gasteiger charge is 2.66. The molecule has 1 aromatic carbocycles. The van der Waals surface area contributed by atoms with Gasteiger partial charge >= 0.3 is 6.18 Å². The summed E-state index contributed by atoms with van der Waals surface area (Å²) in [6, 6.07) is 0.740. The summed E-state index contributed by atoms with van der Waals surface area (Å²) in [6.07, 6.45) is -5.88. The van der Waals surface area contributed by atoms with Crippen molar-refractivity contribution in [2.75, 3.05) is 13.7 Å². The molecule has 0 radical (unpaired) electrons. The highest BCUT2D eigenvalue weighted by Crippen LogP contribution is 2.55. The van der Waals surface area contributed by atoms with Crippen molar-refractivity contribution >= 4 is 11.8 Å². The van der Waals surface area contributed by atoms with Gasteiger partial charge in [-0.05, 0) is 25.3 Å². The van der Waals surface area contributed by atoms with E-state index in [2.05, 4.69) is 10.6 Å². The second-order valence-corrected chi connectivity index (χ2v) is 9.42. The van der Waals surface area contributed by atoms with E-state index in [4.69, 9.17) is 15.2 Å².